The number of hydrogen-bond donors (Lipinski definition) is 3. The molecular weight excluding hydrogens is 531 g/mol. The van der Waals surface area contributed by atoms with Gasteiger partial charge < -0.3 is 15.7 Å². The van der Waals surface area contributed by atoms with Crippen molar-refractivity contribution in [3.8, 4) is 17.0 Å². The van der Waals surface area contributed by atoms with Gasteiger partial charge in [-0.3, -0.25) is 4.79 Å². The third-order valence-electron chi connectivity index (χ3n) is 6.41. The number of nitrogens with one attached hydrogen (secondary N) is 2. The summed E-state index contributed by atoms with van der Waals surface area (Å²) >= 11 is 13.4. The van der Waals surface area contributed by atoms with Crippen LogP contribution < -0.4 is 10.6 Å². The first-order valence-electron chi connectivity index (χ1n) is 11.9. The Balaban J connectivity index is 1.38. The van der Waals surface area contributed by atoms with Crippen molar-refractivity contribution < 1.29 is 14.7 Å². The minimum atomic E-state index is -0.362. The molecule has 2 aromatic carbocycles. The summed E-state index contributed by atoms with van der Waals surface area (Å²) in [6.07, 6.45) is 4.15. The van der Waals surface area contributed by atoms with E-state index in [1.807, 2.05) is 11.4 Å². The van der Waals surface area contributed by atoms with E-state index in [0.717, 1.165) is 36.9 Å². The van der Waals surface area contributed by atoms with E-state index < -0.39 is 0 Å². The second kappa shape index (κ2) is 11.0. The summed E-state index contributed by atoms with van der Waals surface area (Å²) in [7, 11) is 0. The molecule has 1 aliphatic carbocycles. The van der Waals surface area contributed by atoms with E-state index in [0.29, 0.717) is 31.9 Å². The minimum Gasteiger partial charge on any atom is -0.507 e. The fourth-order valence-corrected chi connectivity index (χ4v) is 5.47. The molecule has 0 radical (unpaired) electrons. The molecule has 190 valence electrons. The molecule has 1 fully saturated rings. The highest BCUT2D eigenvalue weighted by atomic mass is 35.5. The first-order chi connectivity index (χ1) is 17.9. The van der Waals surface area contributed by atoms with Crippen LogP contribution >= 0.6 is 34.5 Å². The highest BCUT2D eigenvalue weighted by Gasteiger charge is 2.26. The standard InChI is InChI=1S/C27H24Cl2N4O3S/c28-20-10-7-16(12-21(20)29)15-30-27(36)33-23(17-4-1-2-5-17)14-22(32-33)19-9-8-18(13-24(19)34)31-26(35)25-6-3-11-37-25/h3,6-14,17,34H,1-2,4-5,15H2,(H,30,36)(H,31,35). The molecule has 2 aromatic heterocycles. The Kier molecular flexibility index (Phi) is 7.50. The van der Waals surface area contributed by atoms with E-state index in [1.165, 1.54) is 22.1 Å². The number of nitrogens with zero attached hydrogens (tertiary/aromatic N) is 2. The van der Waals surface area contributed by atoms with Crippen molar-refractivity contribution >= 4 is 52.2 Å². The molecule has 5 rings (SSSR count). The Labute approximate surface area is 228 Å². The molecule has 4 aromatic rings. The minimum absolute atomic E-state index is 0.0391. The zero-order valence-electron chi connectivity index (χ0n) is 19.7. The molecule has 7 nitrogen and oxygen atoms in total. The first kappa shape index (κ1) is 25.3. The van der Waals surface area contributed by atoms with Gasteiger partial charge in [-0.2, -0.15) is 9.78 Å². The number of amides is 2. The van der Waals surface area contributed by atoms with Gasteiger partial charge in [-0.05, 0) is 60.2 Å². The van der Waals surface area contributed by atoms with Crippen LogP contribution in [0.4, 0.5) is 10.5 Å². The maximum absolute atomic E-state index is 13.2. The molecule has 2 amide bonds. The third kappa shape index (κ3) is 5.66. The van der Waals surface area contributed by atoms with Gasteiger partial charge in [0, 0.05) is 29.8 Å². The van der Waals surface area contributed by atoms with Gasteiger partial charge in [-0.25, -0.2) is 4.79 Å². The smallest absolute Gasteiger partial charge is 0.342 e. The van der Waals surface area contributed by atoms with E-state index in [2.05, 4.69) is 15.7 Å². The topological polar surface area (TPSA) is 96.3 Å². The number of anilines is 1. The molecule has 1 saturated carbocycles. The lowest BCUT2D eigenvalue weighted by molar-refractivity contribution is 0.103. The summed E-state index contributed by atoms with van der Waals surface area (Å²) in [5.41, 5.74) is 3.06. The number of aromatic nitrogens is 2. The summed E-state index contributed by atoms with van der Waals surface area (Å²) in [4.78, 5) is 26.1. The van der Waals surface area contributed by atoms with Crippen molar-refractivity contribution in [2.45, 2.75) is 38.1 Å². The lowest BCUT2D eigenvalue weighted by Gasteiger charge is -2.12. The van der Waals surface area contributed by atoms with Crippen molar-refractivity contribution in [3.63, 3.8) is 0 Å². The van der Waals surface area contributed by atoms with Gasteiger partial charge in [0.2, 0.25) is 0 Å². The Morgan fingerprint density at radius 1 is 1.05 bits per heavy atom. The van der Waals surface area contributed by atoms with Gasteiger partial charge in [0.15, 0.2) is 0 Å². The number of carbonyl (C=O) groups is 2. The number of benzene rings is 2. The SMILES string of the molecule is O=C(Nc1ccc(-c2cc(C3CCCC3)n(C(=O)NCc3ccc(Cl)c(Cl)c3)n2)c(O)c1)c1cccs1. The maximum atomic E-state index is 13.2. The average Bonchev–Trinajstić information content (AvgIpc) is 3.66. The van der Waals surface area contributed by atoms with Gasteiger partial charge in [0.05, 0.1) is 26.3 Å². The molecule has 0 spiro atoms. The maximum Gasteiger partial charge on any atom is 0.342 e. The van der Waals surface area contributed by atoms with E-state index in [1.54, 1.807) is 42.5 Å². The molecule has 0 aliphatic heterocycles. The van der Waals surface area contributed by atoms with Gasteiger partial charge in [0.1, 0.15) is 5.75 Å². The average molecular weight is 555 g/mol. The van der Waals surface area contributed by atoms with Crippen LogP contribution in [-0.2, 0) is 6.54 Å². The largest absolute Gasteiger partial charge is 0.507 e. The van der Waals surface area contributed by atoms with Crippen LogP contribution in [0.1, 0.15) is 52.5 Å². The van der Waals surface area contributed by atoms with Gasteiger partial charge in [-0.15, -0.1) is 11.3 Å². The molecule has 0 unspecified atom stereocenters. The second-order valence-electron chi connectivity index (χ2n) is 8.92. The number of carbonyl (C=O) groups excluding carboxylic acids is 2. The van der Waals surface area contributed by atoms with Crippen LogP contribution in [0.25, 0.3) is 11.3 Å². The van der Waals surface area contributed by atoms with Crippen molar-refractivity contribution in [3.05, 3.63) is 86.2 Å². The van der Waals surface area contributed by atoms with Gasteiger partial charge in [-0.1, -0.05) is 48.2 Å². The summed E-state index contributed by atoms with van der Waals surface area (Å²) < 4.78 is 1.40. The van der Waals surface area contributed by atoms with Crippen molar-refractivity contribution in [1.29, 1.82) is 0 Å². The van der Waals surface area contributed by atoms with Crippen molar-refractivity contribution in [2.75, 3.05) is 5.32 Å². The fraction of sp³-hybridized carbons (Fsp3) is 0.222. The quantitative estimate of drug-likeness (QED) is 0.233. The molecule has 3 N–H and O–H groups in total. The van der Waals surface area contributed by atoms with E-state index >= 15 is 0 Å². The van der Waals surface area contributed by atoms with Crippen molar-refractivity contribution in [1.82, 2.24) is 15.1 Å². The Morgan fingerprint density at radius 3 is 2.57 bits per heavy atom. The molecule has 1 aliphatic rings. The Bertz CT molecular complexity index is 1450. The lowest BCUT2D eigenvalue weighted by Crippen LogP contribution is -2.30. The second-order valence-corrected chi connectivity index (χ2v) is 10.7. The molecule has 2 heterocycles. The van der Waals surface area contributed by atoms with Crippen LogP contribution in [0.2, 0.25) is 10.0 Å². The highest BCUT2D eigenvalue weighted by Crippen LogP contribution is 2.38. The van der Waals surface area contributed by atoms with Crippen LogP contribution in [0, 0.1) is 0 Å². The number of phenols is 1. The highest BCUT2D eigenvalue weighted by molar-refractivity contribution is 7.12. The van der Waals surface area contributed by atoms with Crippen LogP contribution in [0.3, 0.4) is 0 Å². The van der Waals surface area contributed by atoms with E-state index in [-0.39, 0.29) is 30.2 Å². The summed E-state index contributed by atoms with van der Waals surface area (Å²) in [6, 6.07) is 15.1. The third-order valence-corrected chi connectivity index (χ3v) is 8.01. The van der Waals surface area contributed by atoms with E-state index in [4.69, 9.17) is 23.2 Å². The summed E-state index contributed by atoms with van der Waals surface area (Å²) in [6.45, 7) is 0.263. The number of thiophene rings is 1. The zero-order valence-corrected chi connectivity index (χ0v) is 22.0. The van der Waals surface area contributed by atoms with Crippen LogP contribution in [0.5, 0.6) is 5.75 Å². The van der Waals surface area contributed by atoms with Gasteiger partial charge >= 0.3 is 6.03 Å². The molecule has 10 heteroatoms. The van der Waals surface area contributed by atoms with Crippen LogP contribution in [-0.4, -0.2) is 26.8 Å². The number of hydrogen-bond acceptors (Lipinski definition) is 5. The lowest BCUT2D eigenvalue weighted by atomic mass is 10.0. The molecule has 0 atom stereocenters. The van der Waals surface area contributed by atoms with E-state index in [9.17, 15) is 14.7 Å². The molecular formula is C27H24Cl2N4O3S. The number of rotatable bonds is 6. The molecule has 0 bridgehead atoms. The first-order valence-corrected chi connectivity index (χ1v) is 13.5. The van der Waals surface area contributed by atoms with Gasteiger partial charge in [0.25, 0.3) is 5.91 Å². The number of phenolic OH excluding ortho intramolecular Hbond substituents is 1. The summed E-state index contributed by atoms with van der Waals surface area (Å²) in [5, 5.41) is 23.7. The Hall–Kier alpha value is -3.33. The van der Waals surface area contributed by atoms with Crippen LogP contribution in [0.15, 0.2) is 60.0 Å². The fourth-order valence-electron chi connectivity index (χ4n) is 4.53. The predicted molar refractivity (Wildman–Crippen MR) is 147 cm³/mol. The molecule has 0 saturated heterocycles. The Morgan fingerprint density at radius 2 is 1.86 bits per heavy atom. The normalized spacial score (nSPS) is 13.6. The molecule has 37 heavy (non-hydrogen) atoms. The number of aromatic hydroxyl groups is 1. The monoisotopic (exact) mass is 554 g/mol. The van der Waals surface area contributed by atoms with Crippen molar-refractivity contribution in [2.24, 2.45) is 0 Å². The number of halogens is 2. The predicted octanol–water partition coefficient (Wildman–Crippen LogP) is 7.29. The summed E-state index contributed by atoms with van der Waals surface area (Å²) in [5.74, 6) is -0.0696. The zero-order chi connectivity index (χ0) is 25.9.